The third kappa shape index (κ3) is 1.77. The van der Waals surface area contributed by atoms with E-state index in [1.54, 1.807) is 19.2 Å². The molecule has 1 aromatic carbocycles. The molecule has 0 bridgehead atoms. The standard InChI is InChI=1S/C10H11N3O3/c1-15-6-2-3-7-8(5-10(11)12-14)13-16-9(7)4-6/h2-4,14H,5H2,1H3,(H2,11,12). The number of aromatic nitrogens is 1. The topological polar surface area (TPSA) is 93.9 Å². The van der Waals surface area contributed by atoms with Gasteiger partial charge in [-0.05, 0) is 12.1 Å². The van der Waals surface area contributed by atoms with Crippen LogP contribution in [0.3, 0.4) is 0 Å². The number of benzene rings is 1. The van der Waals surface area contributed by atoms with Crippen LogP contribution < -0.4 is 10.5 Å². The summed E-state index contributed by atoms with van der Waals surface area (Å²) in [5, 5.41) is 16.0. The highest BCUT2D eigenvalue weighted by Gasteiger charge is 2.10. The largest absolute Gasteiger partial charge is 0.497 e. The summed E-state index contributed by atoms with van der Waals surface area (Å²) in [6, 6.07) is 5.36. The van der Waals surface area contributed by atoms with Crippen molar-refractivity contribution in [2.45, 2.75) is 6.42 Å². The summed E-state index contributed by atoms with van der Waals surface area (Å²) in [6.07, 6.45) is 0.246. The van der Waals surface area contributed by atoms with Gasteiger partial charge < -0.3 is 20.2 Å². The first-order valence-corrected chi connectivity index (χ1v) is 4.63. The maximum absolute atomic E-state index is 8.47. The lowest BCUT2D eigenvalue weighted by Gasteiger charge is -1.97. The predicted octanol–water partition coefficient (Wildman–Crippen LogP) is 1.13. The summed E-state index contributed by atoms with van der Waals surface area (Å²) in [4.78, 5) is 0. The second kappa shape index (κ2) is 4.09. The molecule has 2 rings (SSSR count). The van der Waals surface area contributed by atoms with E-state index >= 15 is 0 Å². The Balaban J connectivity index is 2.41. The van der Waals surface area contributed by atoms with Crippen molar-refractivity contribution in [3.8, 4) is 5.75 Å². The third-order valence-electron chi connectivity index (χ3n) is 2.23. The molecule has 16 heavy (non-hydrogen) atoms. The fourth-order valence-electron chi connectivity index (χ4n) is 1.43. The van der Waals surface area contributed by atoms with Gasteiger partial charge in [0.2, 0.25) is 0 Å². The van der Waals surface area contributed by atoms with Gasteiger partial charge in [0.1, 0.15) is 11.6 Å². The van der Waals surface area contributed by atoms with Gasteiger partial charge in [-0.15, -0.1) is 0 Å². The van der Waals surface area contributed by atoms with Crippen LogP contribution in [0.25, 0.3) is 11.0 Å². The molecule has 0 aliphatic carbocycles. The van der Waals surface area contributed by atoms with Gasteiger partial charge >= 0.3 is 0 Å². The molecule has 6 heteroatoms. The van der Waals surface area contributed by atoms with Crippen molar-refractivity contribution < 1.29 is 14.5 Å². The van der Waals surface area contributed by atoms with E-state index in [0.717, 1.165) is 5.39 Å². The number of amidine groups is 1. The second-order valence-corrected chi connectivity index (χ2v) is 3.26. The Hall–Kier alpha value is -2.24. The maximum Gasteiger partial charge on any atom is 0.170 e. The number of fused-ring (bicyclic) bond motifs is 1. The van der Waals surface area contributed by atoms with Crippen LogP contribution in [0.2, 0.25) is 0 Å². The van der Waals surface area contributed by atoms with Gasteiger partial charge in [0.05, 0.1) is 19.2 Å². The van der Waals surface area contributed by atoms with Gasteiger partial charge in [0, 0.05) is 11.5 Å². The molecular formula is C10H11N3O3. The van der Waals surface area contributed by atoms with Gasteiger partial charge in [-0.25, -0.2) is 0 Å². The maximum atomic E-state index is 8.47. The molecule has 0 spiro atoms. The highest BCUT2D eigenvalue weighted by molar-refractivity contribution is 5.88. The lowest BCUT2D eigenvalue weighted by Crippen LogP contribution is -2.14. The smallest absolute Gasteiger partial charge is 0.170 e. The molecule has 84 valence electrons. The highest BCUT2D eigenvalue weighted by atomic mass is 16.5. The molecule has 0 atom stereocenters. The molecule has 1 heterocycles. The van der Waals surface area contributed by atoms with Gasteiger partial charge in [-0.3, -0.25) is 0 Å². The summed E-state index contributed by atoms with van der Waals surface area (Å²) in [6.45, 7) is 0. The first-order chi connectivity index (χ1) is 7.74. The van der Waals surface area contributed by atoms with E-state index in [9.17, 15) is 0 Å². The van der Waals surface area contributed by atoms with Crippen molar-refractivity contribution in [3.63, 3.8) is 0 Å². The Morgan fingerprint density at radius 2 is 2.44 bits per heavy atom. The Morgan fingerprint density at radius 3 is 3.12 bits per heavy atom. The molecular weight excluding hydrogens is 210 g/mol. The minimum Gasteiger partial charge on any atom is -0.497 e. The minimum atomic E-state index is 0.0889. The lowest BCUT2D eigenvalue weighted by molar-refractivity contribution is 0.317. The lowest BCUT2D eigenvalue weighted by atomic mass is 10.1. The van der Waals surface area contributed by atoms with Crippen LogP contribution in [0.4, 0.5) is 0 Å². The second-order valence-electron chi connectivity index (χ2n) is 3.26. The molecule has 0 aliphatic heterocycles. The fourth-order valence-corrected chi connectivity index (χ4v) is 1.43. The molecule has 0 amide bonds. The van der Waals surface area contributed by atoms with Crippen molar-refractivity contribution in [1.29, 1.82) is 0 Å². The summed E-state index contributed by atoms with van der Waals surface area (Å²) < 4.78 is 10.2. The SMILES string of the molecule is COc1ccc2c(C/C(N)=N/O)noc2c1. The van der Waals surface area contributed by atoms with Crippen LogP contribution in [-0.4, -0.2) is 23.3 Å². The van der Waals surface area contributed by atoms with Gasteiger partial charge in [0.15, 0.2) is 5.58 Å². The van der Waals surface area contributed by atoms with E-state index in [2.05, 4.69) is 10.3 Å². The number of oxime groups is 1. The number of hydrogen-bond acceptors (Lipinski definition) is 5. The zero-order chi connectivity index (χ0) is 11.5. The average Bonchev–Trinajstić information content (AvgIpc) is 2.71. The zero-order valence-electron chi connectivity index (χ0n) is 8.67. The summed E-state index contributed by atoms with van der Waals surface area (Å²) >= 11 is 0. The van der Waals surface area contributed by atoms with E-state index in [1.807, 2.05) is 6.07 Å². The number of nitrogens with zero attached hydrogens (tertiary/aromatic N) is 2. The van der Waals surface area contributed by atoms with Crippen molar-refractivity contribution in [1.82, 2.24) is 5.16 Å². The van der Waals surface area contributed by atoms with Crippen molar-refractivity contribution in [3.05, 3.63) is 23.9 Å². The Kier molecular flexibility index (Phi) is 2.63. The normalized spacial score (nSPS) is 11.9. The number of ether oxygens (including phenoxy) is 1. The van der Waals surface area contributed by atoms with Crippen LogP contribution >= 0.6 is 0 Å². The van der Waals surface area contributed by atoms with E-state index in [-0.39, 0.29) is 12.3 Å². The molecule has 6 nitrogen and oxygen atoms in total. The van der Waals surface area contributed by atoms with E-state index in [1.165, 1.54) is 0 Å². The molecule has 0 saturated carbocycles. The minimum absolute atomic E-state index is 0.0889. The zero-order valence-corrected chi connectivity index (χ0v) is 8.67. The van der Waals surface area contributed by atoms with E-state index in [0.29, 0.717) is 17.0 Å². The quantitative estimate of drug-likeness (QED) is 0.350. The molecule has 0 aliphatic rings. The fraction of sp³-hybridized carbons (Fsp3) is 0.200. The molecule has 3 N–H and O–H groups in total. The molecule has 2 aromatic rings. The van der Waals surface area contributed by atoms with Gasteiger partial charge in [-0.2, -0.15) is 0 Å². The van der Waals surface area contributed by atoms with Crippen LogP contribution in [0.15, 0.2) is 27.9 Å². The summed E-state index contributed by atoms with van der Waals surface area (Å²) in [7, 11) is 1.58. The number of rotatable bonds is 3. The van der Waals surface area contributed by atoms with Gasteiger partial charge in [0.25, 0.3) is 0 Å². The molecule has 0 fully saturated rings. The summed E-state index contributed by atoms with van der Waals surface area (Å²) in [5.74, 6) is 0.782. The molecule has 0 radical (unpaired) electrons. The monoisotopic (exact) mass is 221 g/mol. The number of nitrogens with two attached hydrogens (primary N) is 1. The van der Waals surface area contributed by atoms with E-state index < -0.39 is 0 Å². The van der Waals surface area contributed by atoms with Gasteiger partial charge in [-0.1, -0.05) is 10.3 Å². The first-order valence-electron chi connectivity index (χ1n) is 4.63. The molecule has 0 unspecified atom stereocenters. The van der Waals surface area contributed by atoms with Crippen LogP contribution in [0, 0.1) is 0 Å². The summed E-state index contributed by atoms with van der Waals surface area (Å²) in [5.41, 5.74) is 6.65. The molecule has 0 saturated heterocycles. The Morgan fingerprint density at radius 1 is 1.62 bits per heavy atom. The van der Waals surface area contributed by atoms with Crippen molar-refractivity contribution >= 4 is 16.8 Å². The number of hydrogen-bond donors (Lipinski definition) is 2. The number of methoxy groups -OCH3 is 1. The van der Waals surface area contributed by atoms with Crippen LogP contribution in [-0.2, 0) is 6.42 Å². The highest BCUT2D eigenvalue weighted by Crippen LogP contribution is 2.23. The molecule has 1 aromatic heterocycles. The Bertz CT molecular complexity index is 533. The van der Waals surface area contributed by atoms with Crippen LogP contribution in [0.5, 0.6) is 5.75 Å². The van der Waals surface area contributed by atoms with Crippen molar-refractivity contribution in [2.24, 2.45) is 10.9 Å². The van der Waals surface area contributed by atoms with Crippen LogP contribution in [0.1, 0.15) is 5.69 Å². The predicted molar refractivity (Wildman–Crippen MR) is 57.7 cm³/mol. The average molecular weight is 221 g/mol. The Labute approximate surface area is 91.3 Å². The van der Waals surface area contributed by atoms with Crippen molar-refractivity contribution in [2.75, 3.05) is 7.11 Å². The third-order valence-corrected chi connectivity index (χ3v) is 2.23. The van der Waals surface area contributed by atoms with E-state index in [4.69, 9.17) is 20.2 Å². The first kappa shape index (κ1) is 10.3.